The van der Waals surface area contributed by atoms with Gasteiger partial charge in [-0.3, -0.25) is 14.6 Å². The van der Waals surface area contributed by atoms with Gasteiger partial charge in [0.25, 0.3) is 11.8 Å². The molecule has 0 aliphatic heterocycles. The first-order valence-electron chi connectivity index (χ1n) is 9.81. The first kappa shape index (κ1) is 20.3. The van der Waals surface area contributed by atoms with Crippen molar-refractivity contribution >= 4 is 17.5 Å². The first-order chi connectivity index (χ1) is 14.1. The van der Waals surface area contributed by atoms with E-state index in [4.69, 9.17) is 0 Å². The van der Waals surface area contributed by atoms with Crippen LogP contribution in [0.15, 0.2) is 67.0 Å². The maximum Gasteiger partial charge on any atom is 0.255 e. The number of aryl methyl sites for hydroxylation is 2. The van der Waals surface area contributed by atoms with Crippen LogP contribution in [0.3, 0.4) is 0 Å². The van der Waals surface area contributed by atoms with Crippen molar-refractivity contribution in [1.82, 2.24) is 10.3 Å². The van der Waals surface area contributed by atoms with Gasteiger partial charge in [-0.15, -0.1) is 0 Å². The second-order valence-electron chi connectivity index (χ2n) is 6.73. The van der Waals surface area contributed by atoms with Crippen molar-refractivity contribution in [3.63, 3.8) is 0 Å². The molecule has 1 heterocycles. The van der Waals surface area contributed by atoms with Crippen LogP contribution in [-0.4, -0.2) is 16.8 Å². The molecule has 0 atom stereocenters. The highest BCUT2D eigenvalue weighted by molar-refractivity contribution is 6.06. The van der Waals surface area contributed by atoms with Crippen LogP contribution in [0.25, 0.3) is 0 Å². The summed E-state index contributed by atoms with van der Waals surface area (Å²) in [6.45, 7) is 4.54. The number of pyridine rings is 1. The number of benzene rings is 2. The average Bonchev–Trinajstić information content (AvgIpc) is 2.78. The van der Waals surface area contributed by atoms with Gasteiger partial charge in [-0.2, -0.15) is 0 Å². The second-order valence-corrected chi connectivity index (χ2v) is 6.73. The molecule has 2 aromatic carbocycles. The number of nitrogens with zero attached hydrogens (tertiary/aromatic N) is 1. The smallest absolute Gasteiger partial charge is 0.255 e. The van der Waals surface area contributed by atoms with Crippen LogP contribution in [-0.2, 0) is 19.4 Å². The first-order valence-corrected chi connectivity index (χ1v) is 9.81. The quantitative estimate of drug-likeness (QED) is 0.632. The minimum atomic E-state index is -0.223. The molecule has 1 aromatic heterocycles. The number of amides is 2. The lowest BCUT2D eigenvalue weighted by Crippen LogP contribution is -2.23. The standard InChI is InChI=1S/C24H25N3O2/c1-3-18-7-5-8-19(4-2)22(18)27-24(29)21-10-6-9-20(15-21)23(28)26-16-17-11-13-25-14-12-17/h5-15H,3-4,16H2,1-2H3,(H,26,28)(H,27,29). The molecule has 5 nitrogen and oxygen atoms in total. The Balaban J connectivity index is 1.74. The van der Waals surface area contributed by atoms with Crippen LogP contribution in [0.4, 0.5) is 5.69 Å². The molecular weight excluding hydrogens is 362 g/mol. The minimum absolute atomic E-state index is 0.218. The Labute approximate surface area is 171 Å². The summed E-state index contributed by atoms with van der Waals surface area (Å²) in [5, 5.41) is 5.91. The van der Waals surface area contributed by atoms with Gasteiger partial charge in [-0.25, -0.2) is 0 Å². The molecule has 2 amide bonds. The average molecular weight is 387 g/mol. The Morgan fingerprint density at radius 3 is 2.03 bits per heavy atom. The normalized spacial score (nSPS) is 10.4. The lowest BCUT2D eigenvalue weighted by atomic mass is 10.0. The van der Waals surface area contributed by atoms with Gasteiger partial charge >= 0.3 is 0 Å². The van der Waals surface area contributed by atoms with Crippen molar-refractivity contribution in [1.29, 1.82) is 0 Å². The van der Waals surface area contributed by atoms with Gasteiger partial charge in [0.1, 0.15) is 0 Å². The zero-order valence-corrected chi connectivity index (χ0v) is 16.7. The van der Waals surface area contributed by atoms with Gasteiger partial charge in [0.2, 0.25) is 0 Å². The number of carbonyl (C=O) groups excluding carboxylic acids is 2. The summed E-state index contributed by atoms with van der Waals surface area (Å²) in [4.78, 5) is 29.3. The SMILES string of the molecule is CCc1cccc(CC)c1NC(=O)c1cccc(C(=O)NCc2ccncc2)c1. The summed E-state index contributed by atoms with van der Waals surface area (Å²) in [5.41, 5.74) is 4.94. The predicted octanol–water partition coefficient (Wildman–Crippen LogP) is 4.39. The number of hydrogen-bond acceptors (Lipinski definition) is 3. The van der Waals surface area contributed by atoms with Gasteiger partial charge in [0, 0.05) is 35.8 Å². The largest absolute Gasteiger partial charge is 0.348 e. The van der Waals surface area contributed by atoms with Gasteiger partial charge in [-0.1, -0.05) is 38.1 Å². The molecule has 0 saturated heterocycles. The summed E-state index contributed by atoms with van der Waals surface area (Å²) < 4.78 is 0. The lowest BCUT2D eigenvalue weighted by Gasteiger charge is -2.15. The molecule has 0 aliphatic rings. The van der Waals surface area contributed by atoms with Crippen molar-refractivity contribution in [2.75, 3.05) is 5.32 Å². The summed E-state index contributed by atoms with van der Waals surface area (Å²) in [6, 6.07) is 16.5. The van der Waals surface area contributed by atoms with E-state index in [1.54, 1.807) is 36.7 Å². The third-order valence-electron chi connectivity index (χ3n) is 4.83. The Kier molecular flexibility index (Phi) is 6.74. The molecule has 3 rings (SSSR count). The summed E-state index contributed by atoms with van der Waals surface area (Å²) in [5.74, 6) is -0.441. The molecule has 0 bridgehead atoms. The van der Waals surface area contributed by atoms with E-state index < -0.39 is 0 Å². The number of anilines is 1. The highest BCUT2D eigenvalue weighted by Crippen LogP contribution is 2.23. The van der Waals surface area contributed by atoms with Crippen molar-refractivity contribution in [2.45, 2.75) is 33.2 Å². The maximum atomic E-state index is 12.9. The van der Waals surface area contributed by atoms with Gasteiger partial charge < -0.3 is 10.6 Å². The number of para-hydroxylation sites is 1. The molecule has 148 valence electrons. The molecule has 29 heavy (non-hydrogen) atoms. The van der Waals surface area contributed by atoms with E-state index in [1.807, 2.05) is 30.3 Å². The zero-order valence-electron chi connectivity index (χ0n) is 16.7. The highest BCUT2D eigenvalue weighted by Gasteiger charge is 2.14. The summed E-state index contributed by atoms with van der Waals surface area (Å²) >= 11 is 0. The molecule has 3 aromatic rings. The Bertz CT molecular complexity index is 978. The van der Waals surface area contributed by atoms with E-state index in [1.165, 1.54) is 0 Å². The molecule has 0 aliphatic carbocycles. The van der Waals surface area contributed by atoms with E-state index in [-0.39, 0.29) is 11.8 Å². The third-order valence-corrected chi connectivity index (χ3v) is 4.83. The number of hydrogen-bond donors (Lipinski definition) is 2. The third kappa shape index (κ3) is 5.08. The molecule has 0 saturated carbocycles. The van der Waals surface area contributed by atoms with Crippen molar-refractivity contribution in [3.8, 4) is 0 Å². The van der Waals surface area contributed by atoms with Crippen LogP contribution < -0.4 is 10.6 Å². The molecule has 0 unspecified atom stereocenters. The van der Waals surface area contributed by atoms with Gasteiger partial charge in [0.05, 0.1) is 0 Å². The summed E-state index contributed by atoms with van der Waals surface area (Å²) in [6.07, 6.45) is 5.04. The van der Waals surface area contributed by atoms with Crippen LogP contribution in [0.2, 0.25) is 0 Å². The number of nitrogens with one attached hydrogen (secondary N) is 2. The van der Waals surface area contributed by atoms with Gasteiger partial charge in [-0.05, 0) is 59.9 Å². The van der Waals surface area contributed by atoms with Crippen LogP contribution >= 0.6 is 0 Å². The van der Waals surface area contributed by atoms with E-state index >= 15 is 0 Å². The van der Waals surface area contributed by atoms with E-state index in [0.29, 0.717) is 17.7 Å². The number of carbonyl (C=O) groups is 2. The van der Waals surface area contributed by atoms with E-state index in [2.05, 4.69) is 29.5 Å². The second kappa shape index (κ2) is 9.64. The molecule has 0 radical (unpaired) electrons. The van der Waals surface area contributed by atoms with Crippen LogP contribution in [0, 0.1) is 0 Å². The summed E-state index contributed by atoms with van der Waals surface area (Å²) in [7, 11) is 0. The number of aromatic nitrogens is 1. The van der Waals surface area contributed by atoms with Crippen molar-refractivity contribution in [2.24, 2.45) is 0 Å². The highest BCUT2D eigenvalue weighted by atomic mass is 16.2. The van der Waals surface area contributed by atoms with Gasteiger partial charge in [0.15, 0.2) is 0 Å². The minimum Gasteiger partial charge on any atom is -0.348 e. The number of rotatable bonds is 7. The topological polar surface area (TPSA) is 71.1 Å². The molecule has 0 spiro atoms. The van der Waals surface area contributed by atoms with Crippen molar-refractivity contribution in [3.05, 3.63) is 94.8 Å². The van der Waals surface area contributed by atoms with Crippen LogP contribution in [0.1, 0.15) is 51.3 Å². The molecule has 0 fully saturated rings. The fourth-order valence-corrected chi connectivity index (χ4v) is 3.18. The Morgan fingerprint density at radius 1 is 0.828 bits per heavy atom. The monoisotopic (exact) mass is 387 g/mol. The lowest BCUT2D eigenvalue weighted by molar-refractivity contribution is 0.0951. The molecular formula is C24H25N3O2. The fourth-order valence-electron chi connectivity index (χ4n) is 3.18. The maximum absolute atomic E-state index is 12.9. The Hall–Kier alpha value is -3.47. The fraction of sp³-hybridized carbons (Fsp3) is 0.208. The molecule has 2 N–H and O–H groups in total. The van der Waals surface area contributed by atoms with E-state index in [9.17, 15) is 9.59 Å². The van der Waals surface area contributed by atoms with Crippen LogP contribution in [0.5, 0.6) is 0 Å². The predicted molar refractivity (Wildman–Crippen MR) is 115 cm³/mol. The Morgan fingerprint density at radius 2 is 1.41 bits per heavy atom. The van der Waals surface area contributed by atoms with E-state index in [0.717, 1.165) is 35.2 Å². The van der Waals surface area contributed by atoms with Crippen molar-refractivity contribution < 1.29 is 9.59 Å². The molecule has 5 heteroatoms. The zero-order chi connectivity index (χ0) is 20.6.